The molecule has 0 atom stereocenters. The topological polar surface area (TPSA) is 61.4 Å². The van der Waals surface area contributed by atoms with Crippen molar-refractivity contribution in [2.45, 2.75) is 63.8 Å². The normalized spacial score (nSPS) is 21.2. The van der Waals surface area contributed by atoms with E-state index in [2.05, 4.69) is 10.2 Å². The van der Waals surface area contributed by atoms with Gasteiger partial charge in [-0.25, -0.2) is 0 Å². The van der Waals surface area contributed by atoms with Crippen LogP contribution in [-0.4, -0.2) is 32.4 Å². The van der Waals surface area contributed by atoms with Gasteiger partial charge in [0, 0.05) is 38.1 Å². The van der Waals surface area contributed by atoms with Crippen LogP contribution in [0.4, 0.5) is 0 Å². The molecule has 24 heavy (non-hydrogen) atoms. The average molecular weight is 330 g/mol. The molecule has 0 amide bonds. The van der Waals surface area contributed by atoms with E-state index in [1.165, 1.54) is 38.5 Å². The maximum Gasteiger partial charge on any atom is 0.296 e. The van der Waals surface area contributed by atoms with Gasteiger partial charge in [0.05, 0.1) is 0 Å². The van der Waals surface area contributed by atoms with Crippen molar-refractivity contribution in [1.29, 1.82) is 0 Å². The second-order valence-corrected chi connectivity index (χ2v) is 7.25. The molecular weight excluding hydrogens is 304 g/mol. The zero-order valence-electron chi connectivity index (χ0n) is 14.2. The second kappa shape index (κ2) is 7.05. The Morgan fingerprint density at radius 2 is 1.75 bits per heavy atom. The van der Waals surface area contributed by atoms with Gasteiger partial charge in [0.2, 0.25) is 5.65 Å². The number of hydrogen-bond acceptors (Lipinski definition) is 4. The molecule has 1 saturated carbocycles. The van der Waals surface area contributed by atoms with Crippen LogP contribution in [0.25, 0.3) is 5.65 Å². The smallest absolute Gasteiger partial charge is 0.296 e. The van der Waals surface area contributed by atoms with Gasteiger partial charge in [0.25, 0.3) is 5.56 Å². The van der Waals surface area contributed by atoms with Crippen LogP contribution < -0.4 is 5.56 Å². The Morgan fingerprint density at radius 1 is 1.00 bits per heavy atom. The molecule has 0 N–H and O–H groups in total. The Bertz CT molecular complexity index is 737. The monoisotopic (exact) mass is 330 g/mol. The number of nitrogens with zero attached hydrogens (tertiary/aromatic N) is 4. The lowest BCUT2D eigenvalue weighted by Crippen LogP contribution is -2.26. The van der Waals surface area contributed by atoms with E-state index in [4.69, 9.17) is 4.74 Å². The first-order valence-electron chi connectivity index (χ1n) is 9.35. The highest BCUT2D eigenvalue weighted by Crippen LogP contribution is 2.26. The molecule has 2 aliphatic rings. The van der Waals surface area contributed by atoms with E-state index >= 15 is 0 Å². The summed E-state index contributed by atoms with van der Waals surface area (Å²) < 4.78 is 9.16. The molecule has 3 heterocycles. The van der Waals surface area contributed by atoms with Crippen molar-refractivity contribution in [3.05, 3.63) is 28.6 Å². The van der Waals surface area contributed by atoms with Gasteiger partial charge >= 0.3 is 0 Å². The molecule has 1 aliphatic carbocycles. The average Bonchev–Trinajstić information content (AvgIpc) is 2.89. The summed E-state index contributed by atoms with van der Waals surface area (Å²) in [5.74, 6) is 1.86. The highest BCUT2D eigenvalue weighted by atomic mass is 16.5. The van der Waals surface area contributed by atoms with Crippen LogP contribution in [-0.2, 0) is 11.3 Å². The van der Waals surface area contributed by atoms with E-state index in [9.17, 15) is 4.79 Å². The number of fused-ring (bicyclic) bond motifs is 1. The Labute approximate surface area is 141 Å². The zero-order chi connectivity index (χ0) is 16.4. The van der Waals surface area contributed by atoms with Crippen LogP contribution in [0.15, 0.2) is 17.2 Å². The molecule has 0 radical (unpaired) electrons. The fourth-order valence-electron chi connectivity index (χ4n) is 4.14. The summed E-state index contributed by atoms with van der Waals surface area (Å²) in [6.07, 6.45) is 13.5. The largest absolute Gasteiger partial charge is 0.381 e. The molecule has 2 fully saturated rings. The standard InChI is InChI=1S/C18H26N4O2/c23-18-17-20-19-16(15-7-11-24-12-8-15)22(17)10-9-21(18)13-14-5-3-1-2-4-6-14/h9-10,14-15H,1-8,11-13H2. The molecule has 0 bridgehead atoms. The van der Waals surface area contributed by atoms with Gasteiger partial charge in [-0.2, -0.15) is 0 Å². The summed E-state index contributed by atoms with van der Waals surface area (Å²) in [6, 6.07) is 0. The highest BCUT2D eigenvalue weighted by Gasteiger charge is 2.22. The van der Waals surface area contributed by atoms with E-state index in [1.54, 1.807) is 0 Å². The second-order valence-electron chi connectivity index (χ2n) is 7.25. The fourth-order valence-corrected chi connectivity index (χ4v) is 4.14. The highest BCUT2D eigenvalue weighted by molar-refractivity contribution is 5.35. The van der Waals surface area contributed by atoms with E-state index < -0.39 is 0 Å². The number of hydrogen-bond donors (Lipinski definition) is 0. The van der Waals surface area contributed by atoms with Crippen molar-refractivity contribution in [1.82, 2.24) is 19.2 Å². The summed E-state index contributed by atoms with van der Waals surface area (Å²) in [6.45, 7) is 2.34. The van der Waals surface area contributed by atoms with Gasteiger partial charge in [-0.1, -0.05) is 25.7 Å². The van der Waals surface area contributed by atoms with Crippen LogP contribution in [0.2, 0.25) is 0 Å². The summed E-state index contributed by atoms with van der Waals surface area (Å²) >= 11 is 0. The third-order valence-electron chi connectivity index (χ3n) is 5.59. The molecule has 2 aromatic heterocycles. The molecule has 1 aliphatic heterocycles. The predicted octanol–water partition coefficient (Wildman–Crippen LogP) is 2.76. The summed E-state index contributed by atoms with van der Waals surface area (Å²) in [4.78, 5) is 12.8. The summed E-state index contributed by atoms with van der Waals surface area (Å²) in [5, 5.41) is 8.53. The van der Waals surface area contributed by atoms with Crippen molar-refractivity contribution in [3.8, 4) is 0 Å². The Morgan fingerprint density at radius 3 is 2.50 bits per heavy atom. The van der Waals surface area contributed by atoms with Gasteiger partial charge < -0.3 is 9.30 Å². The van der Waals surface area contributed by atoms with Gasteiger partial charge in [0.15, 0.2) is 0 Å². The molecule has 0 aromatic carbocycles. The minimum Gasteiger partial charge on any atom is -0.381 e. The molecule has 4 rings (SSSR count). The number of aromatic nitrogens is 4. The minimum atomic E-state index is -0.00689. The number of ether oxygens (including phenoxy) is 1. The molecule has 6 nitrogen and oxygen atoms in total. The van der Waals surface area contributed by atoms with Gasteiger partial charge in [-0.3, -0.25) is 9.20 Å². The van der Waals surface area contributed by atoms with Crippen LogP contribution >= 0.6 is 0 Å². The molecule has 1 saturated heterocycles. The first-order chi connectivity index (χ1) is 11.8. The first kappa shape index (κ1) is 15.8. The van der Waals surface area contributed by atoms with Crippen LogP contribution in [0.5, 0.6) is 0 Å². The van der Waals surface area contributed by atoms with Crippen molar-refractivity contribution in [2.75, 3.05) is 13.2 Å². The molecule has 130 valence electrons. The predicted molar refractivity (Wildman–Crippen MR) is 91.2 cm³/mol. The summed E-state index contributed by atoms with van der Waals surface area (Å²) in [7, 11) is 0. The molecule has 6 heteroatoms. The van der Waals surface area contributed by atoms with Crippen molar-refractivity contribution in [3.63, 3.8) is 0 Å². The van der Waals surface area contributed by atoms with Crippen molar-refractivity contribution < 1.29 is 4.74 Å². The van der Waals surface area contributed by atoms with Gasteiger partial charge in [-0.15, -0.1) is 10.2 Å². The molecular formula is C18H26N4O2. The Kier molecular flexibility index (Phi) is 4.65. The third-order valence-corrected chi connectivity index (χ3v) is 5.59. The third kappa shape index (κ3) is 3.11. The summed E-state index contributed by atoms with van der Waals surface area (Å²) in [5.41, 5.74) is 0.458. The number of rotatable bonds is 3. The van der Waals surface area contributed by atoms with E-state index in [1.807, 2.05) is 21.4 Å². The van der Waals surface area contributed by atoms with Crippen molar-refractivity contribution >= 4 is 5.65 Å². The van der Waals surface area contributed by atoms with Gasteiger partial charge in [0.1, 0.15) is 5.82 Å². The minimum absolute atomic E-state index is 0.00689. The van der Waals surface area contributed by atoms with E-state index in [0.29, 0.717) is 17.5 Å². The lowest BCUT2D eigenvalue weighted by atomic mass is 9.99. The SMILES string of the molecule is O=c1c2nnc(C3CCOCC3)n2ccn1CC1CCCCCC1. The lowest BCUT2D eigenvalue weighted by molar-refractivity contribution is 0.0834. The van der Waals surface area contributed by atoms with E-state index in [0.717, 1.165) is 38.4 Å². The fraction of sp³-hybridized carbons (Fsp3) is 0.722. The van der Waals surface area contributed by atoms with Crippen LogP contribution in [0, 0.1) is 5.92 Å². The maximum atomic E-state index is 12.8. The first-order valence-corrected chi connectivity index (χ1v) is 9.35. The van der Waals surface area contributed by atoms with Crippen LogP contribution in [0.1, 0.15) is 63.1 Å². The van der Waals surface area contributed by atoms with Crippen LogP contribution in [0.3, 0.4) is 0 Å². The van der Waals surface area contributed by atoms with Gasteiger partial charge in [-0.05, 0) is 31.6 Å². The Balaban J connectivity index is 1.60. The van der Waals surface area contributed by atoms with E-state index in [-0.39, 0.29) is 5.56 Å². The Hall–Kier alpha value is -1.69. The lowest BCUT2D eigenvalue weighted by Gasteiger charge is -2.20. The maximum absolute atomic E-state index is 12.8. The zero-order valence-corrected chi connectivity index (χ0v) is 14.2. The molecule has 0 unspecified atom stereocenters. The van der Waals surface area contributed by atoms with Crippen molar-refractivity contribution in [2.24, 2.45) is 5.92 Å². The quantitative estimate of drug-likeness (QED) is 0.812. The molecule has 0 spiro atoms. The molecule has 2 aromatic rings.